The van der Waals surface area contributed by atoms with Crippen LogP contribution < -0.4 is 0 Å². The van der Waals surface area contributed by atoms with E-state index in [0.29, 0.717) is 13.0 Å². The van der Waals surface area contributed by atoms with Crippen molar-refractivity contribution in [3.63, 3.8) is 0 Å². The van der Waals surface area contributed by atoms with Crippen LogP contribution in [0.15, 0.2) is 12.2 Å². The maximum absolute atomic E-state index is 12.1. The van der Waals surface area contributed by atoms with Crippen LogP contribution in [-0.2, 0) is 9.53 Å². The lowest BCUT2D eigenvalue weighted by Crippen LogP contribution is -2.05. The fraction of sp³-hybridized carbons (Fsp3) is 0.948. The van der Waals surface area contributed by atoms with E-state index in [2.05, 4.69) is 26.0 Å². The van der Waals surface area contributed by atoms with Crippen LogP contribution in [0.3, 0.4) is 0 Å². The van der Waals surface area contributed by atoms with Gasteiger partial charge in [-0.2, -0.15) is 0 Å². The first-order valence-corrected chi connectivity index (χ1v) is 28.6. The summed E-state index contributed by atoms with van der Waals surface area (Å²) in [5.41, 5.74) is 0. The lowest BCUT2D eigenvalue weighted by molar-refractivity contribution is -0.143. The molecule has 0 saturated heterocycles. The van der Waals surface area contributed by atoms with E-state index in [1.54, 1.807) is 0 Å². The molecule has 0 spiro atoms. The summed E-state index contributed by atoms with van der Waals surface area (Å²) in [6.07, 6.45) is 76.8. The summed E-state index contributed by atoms with van der Waals surface area (Å²) >= 11 is 0. The number of allylic oxidation sites excluding steroid dienone is 2. The largest absolute Gasteiger partial charge is 0.466 e. The second-order valence-electron chi connectivity index (χ2n) is 19.6. The molecule has 0 aromatic carbocycles. The number of hydrogen-bond acceptors (Lipinski definition) is 2. The van der Waals surface area contributed by atoms with Gasteiger partial charge in [-0.05, 0) is 38.5 Å². The van der Waals surface area contributed by atoms with Crippen molar-refractivity contribution in [1.29, 1.82) is 0 Å². The Morgan fingerprint density at radius 2 is 0.467 bits per heavy atom. The molecular formula is C58H114O2. The molecule has 358 valence electrons. The van der Waals surface area contributed by atoms with Crippen LogP contribution in [0.2, 0.25) is 0 Å². The van der Waals surface area contributed by atoms with Gasteiger partial charge >= 0.3 is 5.97 Å². The molecule has 2 nitrogen and oxygen atoms in total. The first-order valence-electron chi connectivity index (χ1n) is 28.6. The number of rotatable bonds is 54. The Kier molecular flexibility index (Phi) is 55.5. The molecule has 0 aliphatic carbocycles. The predicted molar refractivity (Wildman–Crippen MR) is 272 cm³/mol. The Labute approximate surface area is 380 Å². The molecule has 0 N–H and O–H groups in total. The number of hydrogen-bond donors (Lipinski definition) is 0. The molecule has 0 aliphatic heterocycles. The first kappa shape index (κ1) is 59.2. The quantitative estimate of drug-likeness (QED) is 0.0346. The molecule has 0 saturated carbocycles. The van der Waals surface area contributed by atoms with Gasteiger partial charge in [-0.1, -0.05) is 315 Å². The van der Waals surface area contributed by atoms with Crippen LogP contribution in [0.1, 0.15) is 348 Å². The zero-order valence-electron chi connectivity index (χ0n) is 41.9. The van der Waals surface area contributed by atoms with Crippen molar-refractivity contribution < 1.29 is 9.53 Å². The molecule has 0 bridgehead atoms. The minimum atomic E-state index is 0.0315. The number of esters is 1. The van der Waals surface area contributed by atoms with Gasteiger partial charge < -0.3 is 4.74 Å². The first-order chi connectivity index (χ1) is 29.8. The van der Waals surface area contributed by atoms with Crippen LogP contribution in [-0.4, -0.2) is 12.6 Å². The minimum absolute atomic E-state index is 0.0315. The molecule has 0 unspecified atom stereocenters. The van der Waals surface area contributed by atoms with Gasteiger partial charge in [0, 0.05) is 6.42 Å². The van der Waals surface area contributed by atoms with Gasteiger partial charge in [0.1, 0.15) is 0 Å². The van der Waals surface area contributed by atoms with Gasteiger partial charge in [0.25, 0.3) is 0 Å². The number of unbranched alkanes of at least 4 members (excludes halogenated alkanes) is 48. The van der Waals surface area contributed by atoms with Crippen molar-refractivity contribution in [2.45, 2.75) is 348 Å². The summed E-state index contributed by atoms with van der Waals surface area (Å²) in [4.78, 5) is 12.1. The number of carbonyl (C=O) groups is 1. The lowest BCUT2D eigenvalue weighted by atomic mass is 10.0. The molecule has 0 aromatic rings. The third-order valence-corrected chi connectivity index (χ3v) is 13.4. The van der Waals surface area contributed by atoms with Gasteiger partial charge in [-0.25, -0.2) is 0 Å². The van der Waals surface area contributed by atoms with Crippen LogP contribution in [0.4, 0.5) is 0 Å². The minimum Gasteiger partial charge on any atom is -0.466 e. The highest BCUT2D eigenvalue weighted by Crippen LogP contribution is 2.18. The monoisotopic (exact) mass is 843 g/mol. The van der Waals surface area contributed by atoms with Crippen LogP contribution in [0, 0.1) is 0 Å². The maximum Gasteiger partial charge on any atom is 0.305 e. The Morgan fingerprint density at radius 1 is 0.267 bits per heavy atom. The second kappa shape index (κ2) is 56.2. The van der Waals surface area contributed by atoms with Gasteiger partial charge in [0.15, 0.2) is 0 Å². The predicted octanol–water partition coefficient (Wildman–Crippen LogP) is 21.4. The van der Waals surface area contributed by atoms with E-state index < -0.39 is 0 Å². The van der Waals surface area contributed by atoms with Crippen molar-refractivity contribution >= 4 is 5.97 Å². The molecule has 0 atom stereocenters. The highest BCUT2D eigenvalue weighted by molar-refractivity contribution is 5.69. The highest BCUT2D eigenvalue weighted by atomic mass is 16.5. The fourth-order valence-corrected chi connectivity index (χ4v) is 9.14. The molecule has 0 fully saturated rings. The van der Waals surface area contributed by atoms with Crippen molar-refractivity contribution in [2.24, 2.45) is 0 Å². The molecule has 0 aliphatic rings. The summed E-state index contributed by atoms with van der Waals surface area (Å²) < 4.78 is 5.51. The number of carbonyl (C=O) groups excluding carboxylic acids is 1. The van der Waals surface area contributed by atoms with E-state index in [1.807, 2.05) is 0 Å². The van der Waals surface area contributed by atoms with Gasteiger partial charge in [0.05, 0.1) is 6.61 Å². The third kappa shape index (κ3) is 55.2. The Bertz CT molecular complexity index is 788. The molecular weight excluding hydrogens is 729 g/mol. The summed E-state index contributed by atoms with van der Waals surface area (Å²) in [7, 11) is 0. The fourth-order valence-electron chi connectivity index (χ4n) is 9.14. The van der Waals surface area contributed by atoms with Gasteiger partial charge in [-0.3, -0.25) is 4.79 Å². The summed E-state index contributed by atoms with van der Waals surface area (Å²) in [5, 5.41) is 0. The van der Waals surface area contributed by atoms with E-state index in [4.69, 9.17) is 4.74 Å². The van der Waals surface area contributed by atoms with E-state index in [-0.39, 0.29) is 5.97 Å². The average molecular weight is 844 g/mol. The molecule has 0 aromatic heterocycles. The summed E-state index contributed by atoms with van der Waals surface area (Å²) in [5.74, 6) is 0.0315. The zero-order valence-corrected chi connectivity index (χ0v) is 41.9. The standard InChI is InChI=1S/C58H114O2/c1-3-5-7-9-11-13-15-17-19-21-23-25-26-27-28-29-30-31-32-33-34-35-37-39-41-43-45-47-49-51-53-55-57-60-58(59)56-54-52-50-48-46-44-42-40-38-36-24-22-20-18-16-14-12-10-8-6-4-2/h18,20H,3-17,19,21-57H2,1-2H3/b20-18-. The number of ether oxygens (including phenoxy) is 1. The molecule has 0 heterocycles. The molecule has 0 amide bonds. The van der Waals surface area contributed by atoms with E-state index >= 15 is 0 Å². The Morgan fingerprint density at radius 3 is 0.717 bits per heavy atom. The lowest BCUT2D eigenvalue weighted by Gasteiger charge is -2.06. The molecule has 0 radical (unpaired) electrons. The molecule has 60 heavy (non-hydrogen) atoms. The summed E-state index contributed by atoms with van der Waals surface area (Å²) in [6.45, 7) is 5.23. The zero-order chi connectivity index (χ0) is 43.2. The average Bonchev–Trinajstić information content (AvgIpc) is 3.25. The van der Waals surface area contributed by atoms with E-state index in [1.165, 1.54) is 315 Å². The second-order valence-corrected chi connectivity index (χ2v) is 19.6. The molecule has 2 heteroatoms. The van der Waals surface area contributed by atoms with Crippen molar-refractivity contribution in [2.75, 3.05) is 6.61 Å². The normalized spacial score (nSPS) is 11.7. The van der Waals surface area contributed by atoms with Crippen molar-refractivity contribution in [3.05, 3.63) is 12.2 Å². The van der Waals surface area contributed by atoms with Crippen LogP contribution >= 0.6 is 0 Å². The van der Waals surface area contributed by atoms with E-state index in [9.17, 15) is 4.79 Å². The van der Waals surface area contributed by atoms with Gasteiger partial charge in [-0.15, -0.1) is 0 Å². The van der Waals surface area contributed by atoms with Crippen LogP contribution in [0.25, 0.3) is 0 Å². The highest BCUT2D eigenvalue weighted by Gasteiger charge is 2.03. The van der Waals surface area contributed by atoms with Crippen molar-refractivity contribution in [3.8, 4) is 0 Å². The Balaban J connectivity index is 3.15. The third-order valence-electron chi connectivity index (χ3n) is 13.4. The van der Waals surface area contributed by atoms with Crippen molar-refractivity contribution in [1.82, 2.24) is 0 Å². The van der Waals surface area contributed by atoms with E-state index in [0.717, 1.165) is 12.8 Å². The molecule has 0 rings (SSSR count). The smallest absolute Gasteiger partial charge is 0.305 e. The van der Waals surface area contributed by atoms with Gasteiger partial charge in [0.2, 0.25) is 0 Å². The topological polar surface area (TPSA) is 26.3 Å². The summed E-state index contributed by atoms with van der Waals surface area (Å²) in [6, 6.07) is 0. The maximum atomic E-state index is 12.1. The Hall–Kier alpha value is -0.790. The SMILES string of the molecule is CCCCCCCC/C=C\CCCCCCCCCCCCCC(=O)OCCCCCCCCCCCCCCCCCCCCCCCCCCCCCCCCCC. The van der Waals surface area contributed by atoms with Crippen LogP contribution in [0.5, 0.6) is 0 Å².